The number of halogens is 1. The first-order valence-corrected chi connectivity index (χ1v) is 7.26. The van der Waals surface area contributed by atoms with Crippen LogP contribution < -0.4 is 10.6 Å². The van der Waals surface area contributed by atoms with E-state index in [1.54, 1.807) is 17.0 Å². The average molecular weight is 324 g/mol. The molecule has 118 valence electrons. The molecule has 1 atom stereocenters. The maximum Gasteiger partial charge on any atom is 0.219 e. The summed E-state index contributed by atoms with van der Waals surface area (Å²) in [5.74, 6) is -0.0776. The highest BCUT2D eigenvalue weighted by molar-refractivity contribution is 6.31. The van der Waals surface area contributed by atoms with Crippen molar-refractivity contribution in [1.29, 1.82) is 5.41 Å². The average Bonchev–Trinajstić information content (AvgIpc) is 2.46. The van der Waals surface area contributed by atoms with E-state index in [1.165, 1.54) is 13.1 Å². The van der Waals surface area contributed by atoms with Crippen LogP contribution >= 0.6 is 11.6 Å². The van der Waals surface area contributed by atoms with Crippen molar-refractivity contribution in [2.75, 3.05) is 36.8 Å². The van der Waals surface area contributed by atoms with Crippen molar-refractivity contribution in [3.8, 4) is 0 Å². The second-order valence-electron chi connectivity index (χ2n) is 5.20. The molecule has 0 aliphatic carbocycles. The number of carbonyl (C=O) groups is 1. The first kappa shape index (κ1) is 16.2. The largest absolute Gasteiger partial charge is 0.398 e. The summed E-state index contributed by atoms with van der Waals surface area (Å²) in [5, 5.41) is 11.0. The highest BCUT2D eigenvalue weighted by atomic mass is 35.5. The molecular formula is C14H18ClN5O2. The number of carbonyl (C=O) groups excluding carboxylic acids is 1. The molecule has 1 aromatic carbocycles. The molecule has 3 N–H and O–H groups in total. The number of anilines is 2. The predicted octanol–water partition coefficient (Wildman–Crippen LogP) is 1.72. The normalized spacial score (nSPS) is 18.2. The van der Waals surface area contributed by atoms with Crippen molar-refractivity contribution in [2.45, 2.75) is 13.0 Å². The Morgan fingerprint density at radius 1 is 1.55 bits per heavy atom. The minimum absolute atomic E-state index is 0.0338. The van der Waals surface area contributed by atoms with Gasteiger partial charge in [0.2, 0.25) is 5.91 Å². The Bertz CT molecular complexity index is 607. The SMILES string of the molecule is CC(=O)N1CCN(c2cc(Cl)cc(N)c2C=N)CC1CN=O. The zero-order valence-corrected chi connectivity index (χ0v) is 13.0. The third-order valence-electron chi connectivity index (χ3n) is 3.81. The molecule has 0 radical (unpaired) electrons. The fourth-order valence-electron chi connectivity index (χ4n) is 2.77. The van der Waals surface area contributed by atoms with Crippen molar-refractivity contribution < 1.29 is 4.79 Å². The number of nitrogens with two attached hydrogens (primary N) is 1. The number of hydrogen-bond donors (Lipinski definition) is 2. The number of amides is 1. The van der Waals surface area contributed by atoms with Gasteiger partial charge in [0.25, 0.3) is 0 Å². The number of nitrogens with zero attached hydrogens (tertiary/aromatic N) is 3. The third kappa shape index (κ3) is 3.19. The topological polar surface area (TPSA) is 103 Å². The molecule has 7 nitrogen and oxygen atoms in total. The van der Waals surface area contributed by atoms with E-state index >= 15 is 0 Å². The maximum absolute atomic E-state index is 11.6. The van der Waals surface area contributed by atoms with Gasteiger partial charge in [-0.05, 0) is 12.1 Å². The van der Waals surface area contributed by atoms with E-state index in [0.29, 0.717) is 35.9 Å². The van der Waals surface area contributed by atoms with Gasteiger partial charge in [-0.25, -0.2) is 0 Å². The fourth-order valence-corrected chi connectivity index (χ4v) is 2.99. The molecule has 1 aromatic rings. The molecule has 1 heterocycles. The lowest BCUT2D eigenvalue weighted by atomic mass is 10.1. The van der Waals surface area contributed by atoms with Gasteiger partial charge in [-0.15, -0.1) is 0 Å². The van der Waals surface area contributed by atoms with Crippen LogP contribution in [-0.4, -0.2) is 49.2 Å². The van der Waals surface area contributed by atoms with Crippen molar-refractivity contribution in [1.82, 2.24) is 4.90 Å². The van der Waals surface area contributed by atoms with Crippen LogP contribution in [0.2, 0.25) is 5.02 Å². The first-order chi connectivity index (χ1) is 10.5. The number of nitroso groups, excluding NO2 is 1. The van der Waals surface area contributed by atoms with Gasteiger partial charge in [-0.2, -0.15) is 4.91 Å². The number of nitrogen functional groups attached to an aromatic ring is 1. The Kier molecular flexibility index (Phi) is 4.97. The van der Waals surface area contributed by atoms with E-state index in [0.717, 1.165) is 5.69 Å². The molecule has 1 unspecified atom stereocenters. The number of piperazine rings is 1. The lowest BCUT2D eigenvalue weighted by Gasteiger charge is -2.41. The molecule has 0 bridgehead atoms. The van der Waals surface area contributed by atoms with Gasteiger partial charge < -0.3 is 20.9 Å². The van der Waals surface area contributed by atoms with Gasteiger partial charge in [-0.3, -0.25) is 4.79 Å². The zero-order valence-electron chi connectivity index (χ0n) is 12.3. The van der Waals surface area contributed by atoms with Crippen LogP contribution in [0, 0.1) is 10.3 Å². The van der Waals surface area contributed by atoms with E-state index < -0.39 is 0 Å². The summed E-state index contributed by atoms with van der Waals surface area (Å²) in [4.78, 5) is 25.9. The Labute approximate surface area is 133 Å². The quantitative estimate of drug-likeness (QED) is 0.500. The summed E-state index contributed by atoms with van der Waals surface area (Å²) in [6.07, 6.45) is 1.19. The molecule has 1 fully saturated rings. The number of rotatable bonds is 4. The Hall–Kier alpha value is -2.15. The molecule has 0 aromatic heterocycles. The molecule has 0 spiro atoms. The highest BCUT2D eigenvalue weighted by Gasteiger charge is 2.30. The van der Waals surface area contributed by atoms with Gasteiger partial charge in [-0.1, -0.05) is 16.8 Å². The molecule has 1 amide bonds. The lowest BCUT2D eigenvalue weighted by Crippen LogP contribution is -2.56. The Morgan fingerprint density at radius 3 is 2.86 bits per heavy atom. The number of nitrogens with one attached hydrogen (secondary N) is 1. The molecule has 22 heavy (non-hydrogen) atoms. The van der Waals surface area contributed by atoms with Gasteiger partial charge in [0.05, 0.1) is 6.04 Å². The minimum Gasteiger partial charge on any atom is -0.398 e. The standard InChI is InChI=1S/C14H18ClN5O2/c1-9(21)20-3-2-19(8-11(20)7-18-22)14-5-10(15)4-13(17)12(14)6-16/h4-6,11,16H,2-3,7-8,17H2,1H3. The smallest absolute Gasteiger partial charge is 0.219 e. The van der Waals surface area contributed by atoms with Gasteiger partial charge in [0.15, 0.2) is 0 Å². The number of hydrogen-bond acceptors (Lipinski definition) is 6. The maximum atomic E-state index is 11.6. The minimum atomic E-state index is -0.289. The van der Waals surface area contributed by atoms with E-state index in [4.69, 9.17) is 22.7 Å². The van der Waals surface area contributed by atoms with Crippen LogP contribution in [0.3, 0.4) is 0 Å². The first-order valence-electron chi connectivity index (χ1n) is 6.88. The second-order valence-corrected chi connectivity index (χ2v) is 5.63. The van der Waals surface area contributed by atoms with Crippen LogP contribution in [0.1, 0.15) is 12.5 Å². The molecule has 1 aliphatic heterocycles. The predicted molar refractivity (Wildman–Crippen MR) is 87.8 cm³/mol. The molecule has 1 aliphatic rings. The summed E-state index contributed by atoms with van der Waals surface area (Å²) < 4.78 is 0. The van der Waals surface area contributed by atoms with Gasteiger partial charge in [0, 0.05) is 54.7 Å². The van der Waals surface area contributed by atoms with Crippen molar-refractivity contribution in [3.05, 3.63) is 27.6 Å². The van der Waals surface area contributed by atoms with Crippen LogP contribution in [0.4, 0.5) is 11.4 Å². The van der Waals surface area contributed by atoms with Gasteiger partial charge >= 0.3 is 0 Å². The van der Waals surface area contributed by atoms with Gasteiger partial charge in [0.1, 0.15) is 6.54 Å². The van der Waals surface area contributed by atoms with E-state index in [2.05, 4.69) is 5.18 Å². The summed E-state index contributed by atoms with van der Waals surface area (Å²) in [6.45, 7) is 3.03. The number of benzene rings is 1. The Balaban J connectivity index is 2.33. The van der Waals surface area contributed by atoms with E-state index in [1.807, 2.05) is 4.90 Å². The van der Waals surface area contributed by atoms with E-state index in [9.17, 15) is 9.70 Å². The molecular weight excluding hydrogens is 306 g/mol. The molecule has 8 heteroatoms. The third-order valence-corrected chi connectivity index (χ3v) is 4.03. The van der Waals surface area contributed by atoms with Crippen molar-refractivity contribution in [3.63, 3.8) is 0 Å². The summed E-state index contributed by atoms with van der Waals surface area (Å²) in [5.41, 5.74) is 7.66. The monoisotopic (exact) mass is 323 g/mol. The second kappa shape index (κ2) is 6.74. The van der Waals surface area contributed by atoms with Crippen LogP contribution in [-0.2, 0) is 4.79 Å². The van der Waals surface area contributed by atoms with Crippen molar-refractivity contribution in [2.24, 2.45) is 5.18 Å². The molecule has 1 saturated heterocycles. The van der Waals surface area contributed by atoms with Crippen LogP contribution in [0.25, 0.3) is 0 Å². The molecule has 2 rings (SSSR count). The fraction of sp³-hybridized carbons (Fsp3) is 0.429. The van der Waals surface area contributed by atoms with E-state index in [-0.39, 0.29) is 18.5 Å². The lowest BCUT2D eigenvalue weighted by molar-refractivity contribution is -0.131. The molecule has 0 saturated carbocycles. The van der Waals surface area contributed by atoms with Crippen molar-refractivity contribution >= 4 is 35.1 Å². The highest BCUT2D eigenvalue weighted by Crippen LogP contribution is 2.30. The summed E-state index contributed by atoms with van der Waals surface area (Å²) >= 11 is 6.06. The zero-order chi connectivity index (χ0) is 16.3. The van der Waals surface area contributed by atoms with Crippen LogP contribution in [0.5, 0.6) is 0 Å². The summed E-state index contributed by atoms with van der Waals surface area (Å²) in [6, 6.07) is 3.05. The summed E-state index contributed by atoms with van der Waals surface area (Å²) in [7, 11) is 0. The Morgan fingerprint density at radius 2 is 2.27 bits per heavy atom. The van der Waals surface area contributed by atoms with Crippen LogP contribution in [0.15, 0.2) is 17.3 Å².